The fraction of sp³-hybridized carbons (Fsp3) is 0.455. The Morgan fingerprint density at radius 3 is 2.80 bits per heavy atom. The van der Waals surface area contributed by atoms with E-state index in [1.807, 2.05) is 19.1 Å². The minimum Gasteiger partial charge on any atom is -0.327 e. The first-order chi connectivity index (χ1) is 7.06. The maximum Gasteiger partial charge on any atom is 0.179 e. The molecule has 0 bridgehead atoms. The van der Waals surface area contributed by atoms with E-state index in [0.29, 0.717) is 4.90 Å². The summed E-state index contributed by atoms with van der Waals surface area (Å²) in [7, 11) is -3.09. The van der Waals surface area contributed by atoms with Crippen LogP contribution >= 0.6 is 0 Å². The lowest BCUT2D eigenvalue weighted by atomic mass is 9.92. The second-order valence-electron chi connectivity index (χ2n) is 4.00. The summed E-state index contributed by atoms with van der Waals surface area (Å²) >= 11 is 0. The smallest absolute Gasteiger partial charge is 0.179 e. The maximum atomic E-state index is 11.8. The maximum absolute atomic E-state index is 11.8. The number of sulfone groups is 1. The van der Waals surface area contributed by atoms with Crippen molar-refractivity contribution >= 4 is 9.84 Å². The first kappa shape index (κ1) is 10.6. The van der Waals surface area contributed by atoms with Crippen LogP contribution < -0.4 is 5.73 Å². The van der Waals surface area contributed by atoms with Crippen molar-refractivity contribution in [1.29, 1.82) is 0 Å². The summed E-state index contributed by atoms with van der Waals surface area (Å²) in [6.07, 6.45) is 0.800. The Hall–Kier alpha value is -0.870. The normalized spacial score (nSPS) is 24.8. The molecule has 1 aliphatic rings. The van der Waals surface area contributed by atoms with Gasteiger partial charge in [-0.05, 0) is 18.1 Å². The van der Waals surface area contributed by atoms with Gasteiger partial charge in [-0.3, -0.25) is 0 Å². The Labute approximate surface area is 90.2 Å². The molecule has 0 radical (unpaired) electrons. The van der Waals surface area contributed by atoms with E-state index in [1.54, 1.807) is 12.1 Å². The van der Waals surface area contributed by atoms with E-state index < -0.39 is 9.84 Å². The zero-order chi connectivity index (χ0) is 11.1. The van der Waals surface area contributed by atoms with Gasteiger partial charge in [0.1, 0.15) is 0 Å². The molecule has 2 N–H and O–H groups in total. The predicted octanol–water partition coefficient (Wildman–Crippen LogP) is 1.29. The van der Waals surface area contributed by atoms with Crippen LogP contribution in [0, 0.1) is 0 Å². The van der Waals surface area contributed by atoms with E-state index in [4.69, 9.17) is 5.73 Å². The van der Waals surface area contributed by atoms with Gasteiger partial charge in [0.2, 0.25) is 0 Å². The highest BCUT2D eigenvalue weighted by atomic mass is 32.2. The molecule has 2 atom stereocenters. The molecular weight excluding hydrogens is 210 g/mol. The lowest BCUT2D eigenvalue weighted by Crippen LogP contribution is -2.28. The van der Waals surface area contributed by atoms with Crippen molar-refractivity contribution in [3.63, 3.8) is 0 Å². The largest absolute Gasteiger partial charge is 0.327 e. The molecule has 0 spiro atoms. The van der Waals surface area contributed by atoms with Crippen LogP contribution in [0.3, 0.4) is 0 Å². The van der Waals surface area contributed by atoms with Crippen LogP contribution in [0.1, 0.15) is 24.8 Å². The van der Waals surface area contributed by atoms with E-state index in [0.717, 1.165) is 12.0 Å². The Balaban J connectivity index is 2.52. The van der Waals surface area contributed by atoms with Crippen molar-refractivity contribution in [2.45, 2.75) is 30.2 Å². The van der Waals surface area contributed by atoms with Gasteiger partial charge in [-0.1, -0.05) is 25.1 Å². The number of rotatable bonds is 2. The van der Waals surface area contributed by atoms with E-state index in [2.05, 4.69) is 0 Å². The van der Waals surface area contributed by atoms with E-state index >= 15 is 0 Å². The van der Waals surface area contributed by atoms with Crippen molar-refractivity contribution in [3.05, 3.63) is 29.8 Å². The number of fused-ring (bicyclic) bond motifs is 1. The second-order valence-corrected chi connectivity index (χ2v) is 6.00. The Bertz CT molecular complexity index is 467. The van der Waals surface area contributed by atoms with Crippen LogP contribution in [-0.4, -0.2) is 20.2 Å². The van der Waals surface area contributed by atoms with E-state index in [1.165, 1.54) is 0 Å². The molecule has 2 rings (SSSR count). The lowest BCUT2D eigenvalue weighted by molar-refractivity contribution is 0.549. The fourth-order valence-corrected chi connectivity index (χ4v) is 4.07. The zero-order valence-electron chi connectivity index (χ0n) is 8.68. The van der Waals surface area contributed by atoms with Gasteiger partial charge < -0.3 is 5.73 Å². The van der Waals surface area contributed by atoms with Gasteiger partial charge in [-0.2, -0.15) is 0 Å². The monoisotopic (exact) mass is 225 g/mol. The molecular formula is C11H15NO2S. The summed E-state index contributed by atoms with van der Waals surface area (Å²) in [4.78, 5) is 0.471. The van der Waals surface area contributed by atoms with Crippen molar-refractivity contribution < 1.29 is 8.42 Å². The molecule has 1 aromatic rings. The van der Waals surface area contributed by atoms with E-state index in [9.17, 15) is 8.42 Å². The third-order valence-electron chi connectivity index (χ3n) is 3.04. The Morgan fingerprint density at radius 1 is 1.47 bits per heavy atom. The summed E-state index contributed by atoms with van der Waals surface area (Å²) < 4.78 is 23.7. The number of nitrogens with two attached hydrogens (primary N) is 1. The molecule has 4 heteroatoms. The quantitative estimate of drug-likeness (QED) is 0.825. The summed E-state index contributed by atoms with van der Waals surface area (Å²) in [6, 6.07) is 7.11. The van der Waals surface area contributed by atoms with Crippen LogP contribution in [0.2, 0.25) is 0 Å². The van der Waals surface area contributed by atoms with Crippen LogP contribution in [0.25, 0.3) is 0 Å². The lowest BCUT2D eigenvalue weighted by Gasteiger charge is -2.16. The highest BCUT2D eigenvalue weighted by molar-refractivity contribution is 7.91. The minimum absolute atomic E-state index is 0.0313. The van der Waals surface area contributed by atoms with Gasteiger partial charge >= 0.3 is 0 Å². The molecule has 0 aliphatic carbocycles. The van der Waals surface area contributed by atoms with Crippen LogP contribution in [-0.2, 0) is 9.84 Å². The average molecular weight is 225 g/mol. The highest BCUT2D eigenvalue weighted by Gasteiger charge is 2.36. The number of hydrogen-bond acceptors (Lipinski definition) is 3. The predicted molar refractivity (Wildman–Crippen MR) is 59.5 cm³/mol. The molecule has 1 aliphatic heterocycles. The van der Waals surface area contributed by atoms with E-state index in [-0.39, 0.29) is 17.7 Å². The van der Waals surface area contributed by atoms with Gasteiger partial charge in [0.25, 0.3) is 0 Å². The third-order valence-corrected chi connectivity index (χ3v) is 4.88. The first-order valence-electron chi connectivity index (χ1n) is 5.13. The van der Waals surface area contributed by atoms with Crippen LogP contribution in [0.15, 0.2) is 29.2 Å². The van der Waals surface area contributed by atoms with Gasteiger partial charge in [0.15, 0.2) is 9.84 Å². The molecule has 15 heavy (non-hydrogen) atoms. The molecule has 0 saturated carbocycles. The van der Waals surface area contributed by atoms with Gasteiger partial charge in [0.05, 0.1) is 10.6 Å². The fourth-order valence-electron chi connectivity index (χ4n) is 2.12. The summed E-state index contributed by atoms with van der Waals surface area (Å²) in [5, 5.41) is 0. The topological polar surface area (TPSA) is 60.2 Å². The summed E-state index contributed by atoms with van der Waals surface area (Å²) in [5.74, 6) is 0.137. The van der Waals surface area contributed by atoms with Crippen molar-refractivity contribution in [2.24, 2.45) is 5.73 Å². The standard InChI is InChI=1S/C11H15NO2S/c1-2-10(12)9-7-15(13,14)11-6-4-3-5-8(9)11/h3-6,9-10H,2,7,12H2,1H3. The molecule has 1 heterocycles. The Morgan fingerprint density at radius 2 is 2.13 bits per heavy atom. The van der Waals surface area contributed by atoms with Gasteiger partial charge in [-0.25, -0.2) is 8.42 Å². The summed E-state index contributed by atoms with van der Waals surface area (Å²) in [5.41, 5.74) is 6.84. The molecule has 1 aromatic carbocycles. The molecule has 0 saturated heterocycles. The SMILES string of the molecule is CCC(N)C1CS(=O)(=O)c2ccccc21. The number of hydrogen-bond donors (Lipinski definition) is 1. The Kier molecular flexibility index (Phi) is 2.56. The first-order valence-corrected chi connectivity index (χ1v) is 6.78. The van der Waals surface area contributed by atoms with Crippen molar-refractivity contribution in [3.8, 4) is 0 Å². The zero-order valence-corrected chi connectivity index (χ0v) is 9.50. The highest BCUT2D eigenvalue weighted by Crippen LogP contribution is 2.36. The minimum atomic E-state index is -3.09. The van der Waals surface area contributed by atoms with Crippen LogP contribution in [0.5, 0.6) is 0 Å². The van der Waals surface area contributed by atoms with Gasteiger partial charge in [0, 0.05) is 12.0 Å². The summed E-state index contributed by atoms with van der Waals surface area (Å²) in [6.45, 7) is 1.98. The van der Waals surface area contributed by atoms with Crippen LogP contribution in [0.4, 0.5) is 0 Å². The van der Waals surface area contributed by atoms with Crippen molar-refractivity contribution in [2.75, 3.05) is 5.75 Å². The molecule has 0 fully saturated rings. The number of benzene rings is 1. The molecule has 0 aromatic heterocycles. The molecule has 0 amide bonds. The molecule has 2 unspecified atom stereocenters. The second kappa shape index (κ2) is 3.61. The van der Waals surface area contributed by atoms with Gasteiger partial charge in [-0.15, -0.1) is 0 Å². The molecule has 3 nitrogen and oxygen atoms in total. The van der Waals surface area contributed by atoms with Crippen molar-refractivity contribution in [1.82, 2.24) is 0 Å². The third kappa shape index (κ3) is 1.68. The molecule has 82 valence electrons. The average Bonchev–Trinajstić information content (AvgIpc) is 2.51.